The molecule has 2 aliphatic heterocycles. The number of pyridine rings is 1. The molecule has 2 aromatic heterocycles. The number of nitrogens with zero attached hydrogens (tertiary/aromatic N) is 4. The molecule has 2 fully saturated rings. The lowest BCUT2D eigenvalue weighted by Gasteiger charge is -2.41. The van der Waals surface area contributed by atoms with Crippen LogP contribution < -0.4 is 10.2 Å². The number of fused-ring (bicyclic) bond motifs is 2. The summed E-state index contributed by atoms with van der Waals surface area (Å²) in [5, 5.41) is 12.5. The molecule has 0 radical (unpaired) electrons. The van der Waals surface area contributed by atoms with Crippen LogP contribution in [0.4, 0.5) is 5.69 Å². The summed E-state index contributed by atoms with van der Waals surface area (Å²) >= 11 is 0. The van der Waals surface area contributed by atoms with Crippen molar-refractivity contribution in [3.05, 3.63) is 48.0 Å². The Bertz CT molecular complexity index is 838. The van der Waals surface area contributed by atoms with Gasteiger partial charge in [0.15, 0.2) is 0 Å². The molecule has 134 valence electrons. The molecule has 6 nitrogen and oxygen atoms in total. The van der Waals surface area contributed by atoms with Gasteiger partial charge in [-0.25, -0.2) is 0 Å². The number of hydrogen-bond donors (Lipinski definition) is 1. The second kappa shape index (κ2) is 6.83. The van der Waals surface area contributed by atoms with Crippen molar-refractivity contribution < 1.29 is 4.79 Å². The van der Waals surface area contributed by atoms with Gasteiger partial charge in [0.25, 0.3) is 5.91 Å². The van der Waals surface area contributed by atoms with Gasteiger partial charge in [-0.05, 0) is 43.7 Å². The average Bonchev–Trinajstić information content (AvgIpc) is 3.20. The quantitative estimate of drug-likeness (QED) is 0.920. The van der Waals surface area contributed by atoms with E-state index in [0.29, 0.717) is 29.1 Å². The van der Waals surface area contributed by atoms with Gasteiger partial charge in [0.2, 0.25) is 0 Å². The van der Waals surface area contributed by atoms with E-state index in [9.17, 15) is 10.1 Å². The van der Waals surface area contributed by atoms with Crippen LogP contribution in [0.2, 0.25) is 0 Å². The minimum Gasteiger partial charge on any atom is -0.364 e. The van der Waals surface area contributed by atoms with E-state index in [0.717, 1.165) is 37.9 Å². The molecule has 6 heteroatoms. The number of aryl methyl sites for hydroxylation is 1. The van der Waals surface area contributed by atoms with Gasteiger partial charge in [0.1, 0.15) is 6.07 Å². The number of aromatic nitrogens is 2. The summed E-state index contributed by atoms with van der Waals surface area (Å²) < 4.78 is 1.88. The Balaban J connectivity index is 1.41. The maximum atomic E-state index is 12.3. The van der Waals surface area contributed by atoms with Crippen LogP contribution in [0.1, 0.15) is 41.6 Å². The third kappa shape index (κ3) is 3.05. The molecule has 1 amide bonds. The zero-order chi connectivity index (χ0) is 18.1. The number of amides is 1. The van der Waals surface area contributed by atoms with Gasteiger partial charge < -0.3 is 14.8 Å². The van der Waals surface area contributed by atoms with Gasteiger partial charge in [-0.1, -0.05) is 0 Å². The van der Waals surface area contributed by atoms with Crippen molar-refractivity contribution in [1.29, 1.82) is 5.26 Å². The molecular weight excluding hydrogens is 326 g/mol. The smallest absolute Gasteiger partial charge is 0.252 e. The molecule has 26 heavy (non-hydrogen) atoms. The van der Waals surface area contributed by atoms with Crippen molar-refractivity contribution >= 4 is 11.6 Å². The van der Waals surface area contributed by atoms with E-state index < -0.39 is 0 Å². The molecule has 2 bridgehead atoms. The third-order valence-corrected chi connectivity index (χ3v) is 5.67. The topological polar surface area (TPSA) is 74.0 Å². The minimum absolute atomic E-state index is 0.00118. The van der Waals surface area contributed by atoms with Crippen LogP contribution in [0.25, 0.3) is 0 Å². The Morgan fingerprint density at radius 3 is 2.77 bits per heavy atom. The molecule has 1 N–H and O–H groups in total. The maximum Gasteiger partial charge on any atom is 0.252 e. The summed E-state index contributed by atoms with van der Waals surface area (Å²) in [7, 11) is 1.92. The fraction of sp³-hybridized carbons (Fsp3) is 0.450. The van der Waals surface area contributed by atoms with Crippen LogP contribution >= 0.6 is 0 Å². The molecule has 4 heterocycles. The zero-order valence-electron chi connectivity index (χ0n) is 14.9. The van der Waals surface area contributed by atoms with Crippen molar-refractivity contribution in [2.45, 2.75) is 37.8 Å². The van der Waals surface area contributed by atoms with Crippen LogP contribution in [0.5, 0.6) is 0 Å². The molecule has 2 aliphatic rings. The highest BCUT2D eigenvalue weighted by atomic mass is 16.1. The van der Waals surface area contributed by atoms with Crippen LogP contribution in [0.15, 0.2) is 36.9 Å². The maximum absolute atomic E-state index is 12.3. The first kappa shape index (κ1) is 16.6. The van der Waals surface area contributed by atoms with Crippen LogP contribution in [0, 0.1) is 17.2 Å². The number of anilines is 1. The van der Waals surface area contributed by atoms with Gasteiger partial charge >= 0.3 is 0 Å². The number of piperidine rings is 1. The van der Waals surface area contributed by atoms with Gasteiger partial charge in [-0.15, -0.1) is 0 Å². The monoisotopic (exact) mass is 349 g/mol. The van der Waals surface area contributed by atoms with Crippen LogP contribution in [0.3, 0.4) is 0 Å². The Kier molecular flexibility index (Phi) is 4.37. The van der Waals surface area contributed by atoms with E-state index in [1.807, 2.05) is 36.1 Å². The molecule has 0 aromatic carbocycles. The fourth-order valence-electron chi connectivity index (χ4n) is 4.52. The van der Waals surface area contributed by atoms with Crippen molar-refractivity contribution in [3.8, 4) is 6.07 Å². The number of nitriles is 1. The average molecular weight is 349 g/mol. The number of rotatable bonds is 4. The van der Waals surface area contributed by atoms with E-state index in [1.54, 1.807) is 12.4 Å². The first-order valence-electron chi connectivity index (χ1n) is 9.18. The Hall–Kier alpha value is -2.81. The second-order valence-electron chi connectivity index (χ2n) is 7.41. The van der Waals surface area contributed by atoms with E-state index in [1.165, 1.54) is 0 Å². The molecule has 3 atom stereocenters. The highest BCUT2D eigenvalue weighted by Gasteiger charge is 2.41. The lowest BCUT2D eigenvalue weighted by molar-refractivity contribution is 0.0943. The summed E-state index contributed by atoms with van der Waals surface area (Å²) in [6, 6.07) is 6.96. The molecule has 4 rings (SSSR count). The molecule has 0 spiro atoms. The Morgan fingerprint density at radius 2 is 2.12 bits per heavy atom. The van der Waals surface area contributed by atoms with Crippen LogP contribution in [-0.4, -0.2) is 34.1 Å². The van der Waals surface area contributed by atoms with Crippen molar-refractivity contribution in [2.24, 2.45) is 13.0 Å². The van der Waals surface area contributed by atoms with E-state index in [2.05, 4.69) is 21.3 Å². The number of carbonyl (C=O) groups is 1. The summed E-state index contributed by atoms with van der Waals surface area (Å²) in [5.41, 5.74) is 2.38. The minimum atomic E-state index is 0.00118. The lowest BCUT2D eigenvalue weighted by atomic mass is 9.89. The molecule has 1 unspecified atom stereocenters. The molecule has 2 aromatic rings. The van der Waals surface area contributed by atoms with Crippen molar-refractivity contribution in [3.63, 3.8) is 0 Å². The number of nitrogens with one attached hydrogen (secondary N) is 1. The van der Waals surface area contributed by atoms with Crippen LogP contribution in [-0.2, 0) is 7.05 Å². The molecular formula is C20H23N5O. The Morgan fingerprint density at radius 1 is 1.35 bits per heavy atom. The van der Waals surface area contributed by atoms with E-state index in [-0.39, 0.29) is 5.91 Å². The summed E-state index contributed by atoms with van der Waals surface area (Å²) in [6.45, 7) is 0.718. The summed E-state index contributed by atoms with van der Waals surface area (Å²) in [5.74, 6) is 0.491. The highest BCUT2D eigenvalue weighted by molar-refractivity contribution is 5.94. The molecule has 0 aliphatic carbocycles. The SMILES string of the molecule is Cn1ccc(C(=O)NCC2C[C@H]3CC[C@@H](C2)N3c2ccncc2C#N)c1. The van der Waals surface area contributed by atoms with Gasteiger partial charge in [0.05, 0.1) is 16.8 Å². The Labute approximate surface area is 153 Å². The second-order valence-corrected chi connectivity index (χ2v) is 7.41. The van der Waals surface area contributed by atoms with E-state index >= 15 is 0 Å². The molecule has 0 saturated carbocycles. The fourth-order valence-corrected chi connectivity index (χ4v) is 4.52. The first-order chi connectivity index (χ1) is 12.7. The highest BCUT2D eigenvalue weighted by Crippen LogP contribution is 2.42. The number of hydrogen-bond acceptors (Lipinski definition) is 4. The van der Waals surface area contributed by atoms with Crippen molar-refractivity contribution in [1.82, 2.24) is 14.9 Å². The first-order valence-corrected chi connectivity index (χ1v) is 9.18. The van der Waals surface area contributed by atoms with Gasteiger partial charge in [-0.2, -0.15) is 5.26 Å². The number of carbonyl (C=O) groups excluding carboxylic acids is 1. The van der Waals surface area contributed by atoms with Crippen molar-refractivity contribution in [2.75, 3.05) is 11.4 Å². The summed E-state index contributed by atoms with van der Waals surface area (Å²) in [4.78, 5) is 18.8. The normalized spacial score (nSPS) is 24.3. The summed E-state index contributed by atoms with van der Waals surface area (Å²) in [6.07, 6.45) is 11.6. The van der Waals surface area contributed by atoms with E-state index in [4.69, 9.17) is 0 Å². The predicted molar refractivity (Wildman–Crippen MR) is 98.7 cm³/mol. The third-order valence-electron chi connectivity index (χ3n) is 5.67. The largest absolute Gasteiger partial charge is 0.364 e. The van der Waals surface area contributed by atoms with Gasteiger partial charge in [-0.3, -0.25) is 9.78 Å². The lowest BCUT2D eigenvalue weighted by Crippen LogP contribution is -2.46. The molecule has 2 saturated heterocycles. The predicted octanol–water partition coefficient (Wildman–Crippen LogP) is 2.47. The zero-order valence-corrected chi connectivity index (χ0v) is 14.9. The van der Waals surface area contributed by atoms with Gasteiger partial charge in [0, 0.05) is 50.5 Å². The standard InChI is InChI=1S/C20H23N5O/c1-24-7-5-15(13-24)20(26)23-11-14-8-17-2-3-18(9-14)25(17)19-4-6-22-12-16(19)10-21/h4-7,12-14,17-18H,2-3,8-9,11H2,1H3,(H,23,26)/t14?,17-,18+.